The van der Waals surface area contributed by atoms with E-state index in [1.165, 1.54) is 23.1 Å². The summed E-state index contributed by atoms with van der Waals surface area (Å²) < 4.78 is 4.34. The molecule has 2 heterocycles. The third-order valence-corrected chi connectivity index (χ3v) is 7.65. The average Bonchev–Trinajstić information content (AvgIpc) is 3.20. The maximum Gasteiger partial charge on any atom is 0.278 e. The minimum atomic E-state index is -0.219. The summed E-state index contributed by atoms with van der Waals surface area (Å²) in [5.41, 5.74) is 2.32. The van der Waals surface area contributed by atoms with Crippen molar-refractivity contribution in [2.45, 2.75) is 5.16 Å². The molecule has 0 aliphatic rings. The number of fused-ring (bicyclic) bond motifs is 1. The Labute approximate surface area is 213 Å². The zero-order valence-electron chi connectivity index (χ0n) is 17.6. The first-order valence-corrected chi connectivity index (χ1v) is 12.8. The van der Waals surface area contributed by atoms with Gasteiger partial charge < -0.3 is 0 Å². The minimum absolute atomic E-state index is 0.0826. The number of rotatable bonds is 6. The number of thiazole rings is 1. The van der Waals surface area contributed by atoms with Crippen LogP contribution in [0.1, 0.15) is 10.4 Å². The molecule has 0 spiro atoms. The Hall–Kier alpha value is -3.04. The summed E-state index contributed by atoms with van der Waals surface area (Å²) in [6, 6.07) is 25.6. The van der Waals surface area contributed by atoms with Crippen LogP contribution in [0.5, 0.6) is 0 Å². The molecule has 168 valence electrons. The molecule has 5 aromatic rings. The number of aromatic nitrogens is 3. The number of thioether (sulfide) groups is 1. The highest BCUT2D eigenvalue weighted by atomic mass is 35.5. The van der Waals surface area contributed by atoms with Crippen molar-refractivity contribution in [3.05, 3.63) is 110 Å². The maximum atomic E-state index is 13.7. The monoisotopic (exact) mass is 521 g/mol. The summed E-state index contributed by atoms with van der Waals surface area (Å²) in [6.07, 6.45) is 0. The molecule has 5 rings (SSSR count). The normalized spacial score (nSPS) is 11.1. The van der Waals surface area contributed by atoms with E-state index < -0.39 is 0 Å². The zero-order valence-corrected chi connectivity index (χ0v) is 20.8. The van der Waals surface area contributed by atoms with Crippen LogP contribution in [0, 0.1) is 3.95 Å². The second-order valence-corrected chi connectivity index (χ2v) is 10.3. The zero-order chi connectivity index (χ0) is 23.7. The highest BCUT2D eigenvalue weighted by Gasteiger charge is 2.20. The van der Waals surface area contributed by atoms with Crippen LogP contribution in [-0.4, -0.2) is 25.7 Å². The number of Topliss-reactive ketones (excluding diaryl/α,β-unsaturated/α-hetero) is 1. The lowest BCUT2D eigenvalue weighted by molar-refractivity contribution is 0.102. The van der Waals surface area contributed by atoms with Gasteiger partial charge in [0, 0.05) is 16.3 Å². The van der Waals surface area contributed by atoms with Crippen molar-refractivity contribution in [2.75, 3.05) is 5.75 Å². The van der Waals surface area contributed by atoms with Gasteiger partial charge in [-0.25, -0.2) is 4.98 Å². The number of hydrogen-bond donors (Lipinski definition) is 0. The van der Waals surface area contributed by atoms with Crippen molar-refractivity contribution in [2.24, 2.45) is 0 Å². The highest BCUT2D eigenvalue weighted by Crippen LogP contribution is 2.28. The van der Waals surface area contributed by atoms with Crippen LogP contribution in [0.2, 0.25) is 5.02 Å². The summed E-state index contributed by atoms with van der Waals surface area (Å²) in [5, 5.41) is 0.986. The van der Waals surface area contributed by atoms with Crippen LogP contribution in [0.3, 0.4) is 0 Å². The molecule has 9 heteroatoms. The van der Waals surface area contributed by atoms with Crippen molar-refractivity contribution in [3.63, 3.8) is 0 Å². The molecule has 0 fully saturated rings. The molecule has 0 N–H and O–H groups in total. The van der Waals surface area contributed by atoms with E-state index in [9.17, 15) is 9.59 Å². The molecule has 5 nitrogen and oxygen atoms in total. The molecule has 0 unspecified atom stereocenters. The van der Waals surface area contributed by atoms with Crippen molar-refractivity contribution in [1.29, 1.82) is 0 Å². The Balaban J connectivity index is 1.65. The topological polar surface area (TPSA) is 56.9 Å². The Bertz CT molecular complexity index is 1610. The molecule has 0 amide bonds. The Morgan fingerprint density at radius 1 is 0.912 bits per heavy atom. The van der Waals surface area contributed by atoms with Gasteiger partial charge in [-0.05, 0) is 60.7 Å². The number of benzene rings is 3. The second-order valence-electron chi connectivity index (χ2n) is 7.28. The van der Waals surface area contributed by atoms with E-state index in [1.54, 1.807) is 33.4 Å². The first-order chi connectivity index (χ1) is 16.5. The molecule has 0 aliphatic heterocycles. The van der Waals surface area contributed by atoms with Gasteiger partial charge in [0.15, 0.2) is 20.5 Å². The van der Waals surface area contributed by atoms with Gasteiger partial charge in [-0.3, -0.25) is 18.7 Å². The number of para-hydroxylation sites is 2. The van der Waals surface area contributed by atoms with Crippen LogP contribution >= 0.6 is 46.9 Å². The number of hydrogen-bond acceptors (Lipinski definition) is 6. The quantitative estimate of drug-likeness (QED) is 0.109. The molecule has 0 radical (unpaired) electrons. The van der Waals surface area contributed by atoms with Crippen molar-refractivity contribution in [3.8, 4) is 11.4 Å². The fourth-order valence-electron chi connectivity index (χ4n) is 3.49. The predicted molar refractivity (Wildman–Crippen MR) is 142 cm³/mol. The summed E-state index contributed by atoms with van der Waals surface area (Å²) in [4.78, 5) is 31.3. The van der Waals surface area contributed by atoms with Gasteiger partial charge in [0.25, 0.3) is 5.56 Å². The molecule has 34 heavy (non-hydrogen) atoms. The van der Waals surface area contributed by atoms with Gasteiger partial charge in [0.1, 0.15) is 4.70 Å². The molecule has 3 aromatic carbocycles. The van der Waals surface area contributed by atoms with E-state index in [0.717, 1.165) is 5.69 Å². The van der Waals surface area contributed by atoms with Crippen molar-refractivity contribution >= 4 is 63.0 Å². The molecule has 2 aromatic heterocycles. The van der Waals surface area contributed by atoms with Gasteiger partial charge >= 0.3 is 0 Å². The first-order valence-electron chi connectivity index (χ1n) is 10.2. The second kappa shape index (κ2) is 9.68. The lowest BCUT2D eigenvalue weighted by Crippen LogP contribution is -2.22. The van der Waals surface area contributed by atoms with Gasteiger partial charge in [-0.2, -0.15) is 0 Å². The molecule has 0 atom stereocenters. The fourth-order valence-corrected chi connectivity index (χ4v) is 5.82. The molecule has 0 bridgehead atoms. The largest absolute Gasteiger partial charge is 0.293 e. The standard InChI is InChI=1S/C25H16ClN3O2S3/c26-17-13-11-16(12-14-17)20(30)15-33-24-27-22-21(23(31)29(24)19-9-5-2-6-10-19)34-25(32)28(22)18-7-3-1-4-8-18/h1-14H,15H2. The van der Waals surface area contributed by atoms with E-state index in [2.05, 4.69) is 0 Å². The molecule has 0 saturated carbocycles. The van der Waals surface area contributed by atoms with Gasteiger partial charge in [-0.15, -0.1) is 0 Å². The van der Waals surface area contributed by atoms with Crippen LogP contribution in [0.25, 0.3) is 21.7 Å². The third-order valence-electron chi connectivity index (χ3n) is 5.10. The Morgan fingerprint density at radius 2 is 1.50 bits per heavy atom. The minimum Gasteiger partial charge on any atom is -0.293 e. The number of nitrogens with zero attached hydrogens (tertiary/aromatic N) is 3. The smallest absolute Gasteiger partial charge is 0.278 e. The number of halogens is 1. The van der Waals surface area contributed by atoms with E-state index in [1.807, 2.05) is 60.7 Å². The predicted octanol–water partition coefficient (Wildman–Crippen LogP) is 6.60. The lowest BCUT2D eigenvalue weighted by atomic mass is 10.1. The summed E-state index contributed by atoms with van der Waals surface area (Å²) >= 11 is 14.0. The van der Waals surface area contributed by atoms with Gasteiger partial charge in [-0.1, -0.05) is 71.1 Å². The van der Waals surface area contributed by atoms with E-state index >= 15 is 0 Å². The Kier molecular flexibility index (Phi) is 6.47. The number of carbonyl (C=O) groups is 1. The molecule has 0 aliphatic carbocycles. The van der Waals surface area contributed by atoms with Gasteiger partial charge in [0.05, 0.1) is 11.4 Å². The number of carbonyl (C=O) groups excluding carboxylic acids is 1. The summed E-state index contributed by atoms with van der Waals surface area (Å²) in [5.74, 6) is 0.0312. The van der Waals surface area contributed by atoms with Crippen LogP contribution in [-0.2, 0) is 0 Å². The average molecular weight is 522 g/mol. The maximum absolute atomic E-state index is 13.7. The van der Waals surface area contributed by atoms with Crippen LogP contribution in [0.15, 0.2) is 94.9 Å². The molecule has 0 saturated heterocycles. The van der Waals surface area contributed by atoms with Crippen molar-refractivity contribution in [1.82, 2.24) is 14.1 Å². The van der Waals surface area contributed by atoms with Crippen LogP contribution < -0.4 is 5.56 Å². The lowest BCUT2D eigenvalue weighted by Gasteiger charge is -2.12. The van der Waals surface area contributed by atoms with E-state index in [0.29, 0.717) is 35.7 Å². The highest BCUT2D eigenvalue weighted by molar-refractivity contribution is 7.99. The SMILES string of the molecule is O=C(CSc1nc2c(sc(=S)n2-c2ccccc2)c(=O)n1-c1ccccc1)c1ccc(Cl)cc1. The number of ketones is 1. The molecular weight excluding hydrogens is 506 g/mol. The van der Waals surface area contributed by atoms with E-state index in [-0.39, 0.29) is 17.1 Å². The third kappa shape index (κ3) is 4.37. The summed E-state index contributed by atoms with van der Waals surface area (Å²) in [7, 11) is 0. The van der Waals surface area contributed by atoms with Crippen LogP contribution in [0.4, 0.5) is 0 Å². The van der Waals surface area contributed by atoms with Crippen molar-refractivity contribution < 1.29 is 4.79 Å². The van der Waals surface area contributed by atoms with E-state index in [4.69, 9.17) is 28.8 Å². The first kappa shape index (κ1) is 22.7. The molecular formula is C25H16ClN3O2S3. The Morgan fingerprint density at radius 3 is 2.12 bits per heavy atom. The fraction of sp³-hybridized carbons (Fsp3) is 0.0400. The summed E-state index contributed by atoms with van der Waals surface area (Å²) in [6.45, 7) is 0. The van der Waals surface area contributed by atoms with Gasteiger partial charge in [0.2, 0.25) is 0 Å².